The number of rotatable bonds is 7. The first-order valence-electron chi connectivity index (χ1n) is 19.4. The van der Waals surface area contributed by atoms with Gasteiger partial charge >= 0.3 is 0 Å². The van der Waals surface area contributed by atoms with Crippen LogP contribution in [0, 0.1) is 0 Å². The Morgan fingerprint density at radius 2 is 0.772 bits per heavy atom. The molecule has 0 bridgehead atoms. The molecule has 0 radical (unpaired) electrons. The molecule has 0 unspecified atom stereocenters. The molecule has 11 rings (SSSR count). The third-order valence-corrected chi connectivity index (χ3v) is 12.4. The summed E-state index contributed by atoms with van der Waals surface area (Å²) in [5.41, 5.74) is 14.1. The molecule has 3 heteroatoms. The van der Waals surface area contributed by atoms with Crippen LogP contribution in [0.15, 0.2) is 218 Å². The molecule has 0 aliphatic carbocycles. The second kappa shape index (κ2) is 13.8. The van der Waals surface area contributed by atoms with Crippen LogP contribution >= 0.6 is 11.3 Å². The van der Waals surface area contributed by atoms with Gasteiger partial charge in [0.25, 0.3) is 0 Å². The molecule has 0 fully saturated rings. The van der Waals surface area contributed by atoms with Crippen LogP contribution in [-0.4, -0.2) is 4.57 Å². The molecule has 0 aliphatic heterocycles. The first-order valence-corrected chi connectivity index (χ1v) is 20.2. The number of anilines is 3. The average Bonchev–Trinajstić information content (AvgIpc) is 3.83. The highest BCUT2D eigenvalue weighted by Gasteiger charge is 2.18. The summed E-state index contributed by atoms with van der Waals surface area (Å²) in [4.78, 5) is 2.39. The Morgan fingerprint density at radius 3 is 1.42 bits per heavy atom. The highest BCUT2D eigenvalue weighted by molar-refractivity contribution is 7.25. The van der Waals surface area contributed by atoms with Crippen LogP contribution in [0.25, 0.3) is 81.0 Å². The van der Waals surface area contributed by atoms with Crippen molar-refractivity contribution in [2.45, 2.75) is 0 Å². The van der Waals surface area contributed by atoms with Crippen molar-refractivity contribution in [3.8, 4) is 39.1 Å². The van der Waals surface area contributed by atoms with E-state index in [2.05, 4.69) is 228 Å². The quantitative estimate of drug-likeness (QED) is 0.158. The molecule has 57 heavy (non-hydrogen) atoms. The number of benzene rings is 9. The maximum absolute atomic E-state index is 2.41. The van der Waals surface area contributed by atoms with Crippen LogP contribution in [0.2, 0.25) is 0 Å². The van der Waals surface area contributed by atoms with Crippen molar-refractivity contribution < 1.29 is 0 Å². The SMILES string of the molecule is c1ccc(-c2ccccc2-c2ccc(N(c3ccc(-c4ccccc4-n4c5ccccc5c5ccccc54)cc3)c3ccc4c(c3)sc3ccccc34)cc2)cc1. The number of hydrogen-bond acceptors (Lipinski definition) is 2. The monoisotopic (exact) mass is 744 g/mol. The van der Waals surface area contributed by atoms with Crippen molar-refractivity contribution in [3.05, 3.63) is 218 Å². The molecule has 0 N–H and O–H groups in total. The molecule has 0 aliphatic rings. The molecule has 0 amide bonds. The van der Waals surface area contributed by atoms with Crippen LogP contribution in [0.3, 0.4) is 0 Å². The van der Waals surface area contributed by atoms with Gasteiger partial charge in [-0.05, 0) is 88.5 Å². The lowest BCUT2D eigenvalue weighted by Crippen LogP contribution is -2.09. The predicted octanol–water partition coefficient (Wildman–Crippen LogP) is 15.6. The summed E-state index contributed by atoms with van der Waals surface area (Å²) in [6.07, 6.45) is 0. The molecular weight excluding hydrogens is 709 g/mol. The second-order valence-corrected chi connectivity index (χ2v) is 15.6. The number of fused-ring (bicyclic) bond motifs is 6. The van der Waals surface area contributed by atoms with Gasteiger partial charge in [0.05, 0.1) is 16.7 Å². The van der Waals surface area contributed by atoms with Crippen molar-refractivity contribution in [1.29, 1.82) is 0 Å². The Hall–Kier alpha value is -7.20. The van der Waals surface area contributed by atoms with Gasteiger partial charge in [0.1, 0.15) is 0 Å². The fourth-order valence-electron chi connectivity index (χ4n) is 8.58. The van der Waals surface area contributed by atoms with Gasteiger partial charge in [0.2, 0.25) is 0 Å². The van der Waals surface area contributed by atoms with Gasteiger partial charge in [-0.25, -0.2) is 0 Å². The average molecular weight is 745 g/mol. The van der Waals surface area contributed by atoms with Gasteiger partial charge in [-0.1, -0.05) is 158 Å². The van der Waals surface area contributed by atoms with Gasteiger partial charge in [-0.3, -0.25) is 0 Å². The maximum Gasteiger partial charge on any atom is 0.0541 e. The van der Waals surface area contributed by atoms with E-state index in [4.69, 9.17) is 0 Å². The highest BCUT2D eigenvalue weighted by atomic mass is 32.1. The van der Waals surface area contributed by atoms with Crippen LogP contribution in [0.4, 0.5) is 17.1 Å². The van der Waals surface area contributed by atoms with E-state index < -0.39 is 0 Å². The van der Waals surface area contributed by atoms with Crippen molar-refractivity contribution in [2.24, 2.45) is 0 Å². The number of para-hydroxylation sites is 3. The Bertz CT molecular complexity index is 3170. The summed E-state index contributed by atoms with van der Waals surface area (Å²) in [5, 5.41) is 5.13. The zero-order valence-corrected chi connectivity index (χ0v) is 31.9. The molecule has 11 aromatic rings. The smallest absolute Gasteiger partial charge is 0.0541 e. The molecule has 9 aromatic carbocycles. The van der Waals surface area contributed by atoms with Crippen LogP contribution in [0.5, 0.6) is 0 Å². The van der Waals surface area contributed by atoms with Crippen molar-refractivity contribution in [3.63, 3.8) is 0 Å². The lowest BCUT2D eigenvalue weighted by atomic mass is 9.94. The second-order valence-electron chi connectivity index (χ2n) is 14.5. The Labute approximate surface area is 335 Å². The van der Waals surface area contributed by atoms with Crippen molar-refractivity contribution >= 4 is 70.4 Å². The zero-order chi connectivity index (χ0) is 37.7. The Balaban J connectivity index is 1.03. The summed E-state index contributed by atoms with van der Waals surface area (Å²) in [7, 11) is 0. The molecule has 0 saturated heterocycles. The third kappa shape index (κ3) is 5.71. The molecule has 0 spiro atoms. The van der Waals surface area contributed by atoms with E-state index in [1.165, 1.54) is 81.0 Å². The Kier molecular flexibility index (Phi) is 8.04. The molecular formula is C54H36N2S. The van der Waals surface area contributed by atoms with E-state index in [9.17, 15) is 0 Å². The van der Waals surface area contributed by atoms with E-state index in [-0.39, 0.29) is 0 Å². The molecule has 0 atom stereocenters. The van der Waals surface area contributed by atoms with E-state index in [1.807, 2.05) is 11.3 Å². The van der Waals surface area contributed by atoms with Gasteiger partial charge < -0.3 is 9.47 Å². The molecule has 2 aromatic heterocycles. The summed E-state index contributed by atoms with van der Waals surface area (Å²) >= 11 is 1.86. The molecule has 2 heterocycles. The largest absolute Gasteiger partial charge is 0.310 e. The molecule has 268 valence electrons. The number of nitrogens with zero attached hydrogens (tertiary/aromatic N) is 2. The highest BCUT2D eigenvalue weighted by Crippen LogP contribution is 2.43. The Morgan fingerprint density at radius 1 is 0.316 bits per heavy atom. The lowest BCUT2D eigenvalue weighted by molar-refractivity contribution is 1.18. The van der Waals surface area contributed by atoms with E-state index in [0.29, 0.717) is 0 Å². The fourth-order valence-corrected chi connectivity index (χ4v) is 9.72. The standard InChI is InChI=1S/C54H36N2S/c1-2-14-37(15-3-1)43-16-4-5-17-44(43)38-26-30-40(31-27-38)55(42-34-35-49-48-21-9-13-25-53(48)57-54(49)36-42)41-32-28-39(29-33-41)45-18-6-10-22-50(45)56-51-23-11-7-19-46(51)47-20-8-12-24-52(47)56/h1-36H. The minimum atomic E-state index is 1.10. The van der Waals surface area contributed by atoms with E-state index in [0.717, 1.165) is 17.1 Å². The normalized spacial score (nSPS) is 11.5. The first kappa shape index (κ1) is 33.2. The van der Waals surface area contributed by atoms with Gasteiger partial charge in [-0.2, -0.15) is 0 Å². The minimum absolute atomic E-state index is 1.10. The number of thiophene rings is 1. The fraction of sp³-hybridized carbons (Fsp3) is 0. The van der Waals surface area contributed by atoms with Gasteiger partial charge in [-0.15, -0.1) is 11.3 Å². The first-order chi connectivity index (χ1) is 28.3. The number of aromatic nitrogens is 1. The van der Waals surface area contributed by atoms with Gasteiger partial charge in [0, 0.05) is 53.6 Å². The van der Waals surface area contributed by atoms with Gasteiger partial charge in [0.15, 0.2) is 0 Å². The number of hydrogen-bond donors (Lipinski definition) is 0. The summed E-state index contributed by atoms with van der Waals surface area (Å²) in [6.45, 7) is 0. The van der Waals surface area contributed by atoms with Crippen LogP contribution < -0.4 is 4.90 Å². The molecule has 0 saturated carbocycles. The maximum atomic E-state index is 2.41. The minimum Gasteiger partial charge on any atom is -0.310 e. The topological polar surface area (TPSA) is 8.17 Å². The van der Waals surface area contributed by atoms with E-state index in [1.54, 1.807) is 0 Å². The summed E-state index contributed by atoms with van der Waals surface area (Å²) < 4.78 is 5.01. The van der Waals surface area contributed by atoms with Crippen LogP contribution in [-0.2, 0) is 0 Å². The van der Waals surface area contributed by atoms with Crippen LogP contribution in [0.1, 0.15) is 0 Å². The van der Waals surface area contributed by atoms with Crippen molar-refractivity contribution in [2.75, 3.05) is 4.90 Å². The third-order valence-electron chi connectivity index (χ3n) is 11.2. The lowest BCUT2D eigenvalue weighted by Gasteiger charge is -2.26. The summed E-state index contributed by atoms with van der Waals surface area (Å²) in [5.74, 6) is 0. The van der Waals surface area contributed by atoms with Crippen molar-refractivity contribution in [1.82, 2.24) is 4.57 Å². The summed E-state index contributed by atoms with van der Waals surface area (Å²) in [6, 6.07) is 79.3. The molecule has 2 nitrogen and oxygen atoms in total. The van der Waals surface area contributed by atoms with E-state index >= 15 is 0 Å². The zero-order valence-electron chi connectivity index (χ0n) is 31.1. The predicted molar refractivity (Wildman–Crippen MR) is 245 cm³/mol.